The average Bonchev–Trinajstić information content (AvgIpc) is 2.54. The van der Waals surface area contributed by atoms with Crippen LogP contribution in [-0.4, -0.2) is 17.6 Å². The van der Waals surface area contributed by atoms with E-state index in [0.717, 1.165) is 16.8 Å². The number of para-hydroxylation sites is 1. The van der Waals surface area contributed by atoms with Gasteiger partial charge in [0.25, 0.3) is 5.91 Å². The van der Waals surface area contributed by atoms with Gasteiger partial charge in [-0.1, -0.05) is 38.1 Å². The molecule has 4 nitrogen and oxygen atoms in total. The molecule has 0 saturated carbocycles. The van der Waals surface area contributed by atoms with Gasteiger partial charge in [-0.05, 0) is 66.9 Å². The van der Waals surface area contributed by atoms with Crippen LogP contribution in [0.4, 0.5) is 5.69 Å². The number of amides is 1. The van der Waals surface area contributed by atoms with Crippen LogP contribution in [-0.2, 0) is 4.79 Å². The number of anilines is 1. The zero-order chi connectivity index (χ0) is 18.4. The van der Waals surface area contributed by atoms with Gasteiger partial charge in [0.15, 0.2) is 11.7 Å². The second-order valence-corrected chi connectivity index (χ2v) is 6.69. The van der Waals surface area contributed by atoms with Crippen LogP contribution < -0.4 is 15.4 Å². The number of benzene rings is 2. The third-order valence-electron chi connectivity index (χ3n) is 3.88. The molecule has 0 heterocycles. The van der Waals surface area contributed by atoms with Crippen molar-refractivity contribution in [3.8, 4) is 5.75 Å². The Morgan fingerprint density at radius 2 is 1.84 bits per heavy atom. The maximum absolute atomic E-state index is 12.0. The minimum absolute atomic E-state index is 0.0872. The fraction of sp³-hybridized carbons (Fsp3) is 0.300. The van der Waals surface area contributed by atoms with Crippen LogP contribution in [0.25, 0.3) is 0 Å². The number of carbonyl (C=O) groups excluding carboxylic acids is 1. The molecule has 5 heteroatoms. The molecule has 1 amide bonds. The molecule has 0 fully saturated rings. The summed E-state index contributed by atoms with van der Waals surface area (Å²) in [6, 6.07) is 13.6. The van der Waals surface area contributed by atoms with E-state index < -0.39 is 0 Å². The highest BCUT2D eigenvalue weighted by Gasteiger charge is 2.09. The summed E-state index contributed by atoms with van der Waals surface area (Å²) in [7, 11) is 0. The normalized spacial score (nSPS) is 10.4. The lowest BCUT2D eigenvalue weighted by Gasteiger charge is -2.13. The lowest BCUT2D eigenvalue weighted by molar-refractivity contribution is -0.121. The molecule has 0 spiro atoms. The molecule has 0 aromatic heterocycles. The second kappa shape index (κ2) is 8.62. The van der Waals surface area contributed by atoms with Crippen LogP contribution in [0.5, 0.6) is 5.75 Å². The molecule has 0 radical (unpaired) electrons. The Balaban J connectivity index is 1.85. The maximum atomic E-state index is 12.0. The van der Waals surface area contributed by atoms with E-state index in [4.69, 9.17) is 17.0 Å². The van der Waals surface area contributed by atoms with E-state index in [1.54, 1.807) is 0 Å². The first kappa shape index (κ1) is 18.9. The lowest BCUT2D eigenvalue weighted by Crippen LogP contribution is -2.37. The van der Waals surface area contributed by atoms with Crippen LogP contribution in [0, 0.1) is 13.8 Å². The fourth-order valence-corrected chi connectivity index (χ4v) is 2.79. The van der Waals surface area contributed by atoms with Crippen molar-refractivity contribution in [2.75, 3.05) is 11.9 Å². The smallest absolute Gasteiger partial charge is 0.264 e. The summed E-state index contributed by atoms with van der Waals surface area (Å²) in [4.78, 5) is 12.0. The zero-order valence-electron chi connectivity index (χ0n) is 15.1. The van der Waals surface area contributed by atoms with Crippen molar-refractivity contribution >= 4 is 28.9 Å². The van der Waals surface area contributed by atoms with E-state index >= 15 is 0 Å². The molecule has 0 saturated heterocycles. The first-order valence-electron chi connectivity index (χ1n) is 8.26. The summed E-state index contributed by atoms with van der Waals surface area (Å²) in [6.07, 6.45) is 0. The Morgan fingerprint density at radius 1 is 1.12 bits per heavy atom. The highest BCUT2D eigenvalue weighted by Crippen LogP contribution is 2.23. The third kappa shape index (κ3) is 5.57. The number of aryl methyl sites for hydroxylation is 2. The van der Waals surface area contributed by atoms with Crippen molar-refractivity contribution in [3.05, 3.63) is 59.2 Å². The van der Waals surface area contributed by atoms with Crippen molar-refractivity contribution in [3.63, 3.8) is 0 Å². The lowest BCUT2D eigenvalue weighted by atomic mass is 9.98. The van der Waals surface area contributed by atoms with Crippen LogP contribution in [0.3, 0.4) is 0 Å². The number of hydrogen-bond donors (Lipinski definition) is 2. The number of rotatable bonds is 5. The number of thiocarbonyl (C=S) groups is 1. The topological polar surface area (TPSA) is 50.4 Å². The van der Waals surface area contributed by atoms with Crippen molar-refractivity contribution < 1.29 is 9.53 Å². The standard InChI is InChI=1S/C20H24N2O2S/c1-13(2)17-10-9-16(11-15(17)4)24-12-19(23)22-20(25)21-18-8-6-5-7-14(18)3/h5-11,13H,12H2,1-4H3,(H2,21,22,23,25). The highest BCUT2D eigenvalue weighted by molar-refractivity contribution is 7.80. The molecule has 0 atom stereocenters. The number of ether oxygens (including phenoxy) is 1. The quantitative estimate of drug-likeness (QED) is 0.784. The fourth-order valence-electron chi connectivity index (χ4n) is 2.56. The summed E-state index contributed by atoms with van der Waals surface area (Å²) >= 11 is 5.17. The molecule has 0 aliphatic carbocycles. The molecule has 2 aromatic rings. The van der Waals surface area contributed by atoms with Gasteiger partial charge in [-0.2, -0.15) is 0 Å². The van der Waals surface area contributed by atoms with Gasteiger partial charge < -0.3 is 10.1 Å². The first-order valence-corrected chi connectivity index (χ1v) is 8.67. The van der Waals surface area contributed by atoms with E-state index in [1.807, 2.05) is 56.3 Å². The summed E-state index contributed by atoms with van der Waals surface area (Å²) in [5.74, 6) is 0.841. The third-order valence-corrected chi connectivity index (χ3v) is 4.08. The molecule has 2 rings (SSSR count). The summed E-state index contributed by atoms with van der Waals surface area (Å²) in [6.45, 7) is 8.23. The van der Waals surface area contributed by atoms with Crippen molar-refractivity contribution in [1.82, 2.24) is 5.32 Å². The van der Waals surface area contributed by atoms with E-state index in [-0.39, 0.29) is 17.6 Å². The Hall–Kier alpha value is -2.40. The number of carbonyl (C=O) groups is 1. The van der Waals surface area contributed by atoms with Crippen molar-refractivity contribution in [2.24, 2.45) is 0 Å². The van der Waals surface area contributed by atoms with Crippen molar-refractivity contribution in [1.29, 1.82) is 0 Å². The van der Waals surface area contributed by atoms with Gasteiger partial charge in [-0.25, -0.2) is 0 Å². The van der Waals surface area contributed by atoms with E-state index in [2.05, 4.69) is 24.5 Å². The average molecular weight is 356 g/mol. The predicted molar refractivity (Wildman–Crippen MR) is 106 cm³/mol. The maximum Gasteiger partial charge on any atom is 0.264 e. The molecule has 2 N–H and O–H groups in total. The van der Waals surface area contributed by atoms with Gasteiger partial charge in [-0.15, -0.1) is 0 Å². The highest BCUT2D eigenvalue weighted by atomic mass is 32.1. The Kier molecular flexibility index (Phi) is 6.53. The molecular formula is C20H24N2O2S. The molecule has 25 heavy (non-hydrogen) atoms. The van der Waals surface area contributed by atoms with Gasteiger partial charge in [0.2, 0.25) is 0 Å². The first-order chi connectivity index (χ1) is 11.9. The Labute approximate surface area is 154 Å². The van der Waals surface area contributed by atoms with E-state index in [0.29, 0.717) is 11.7 Å². The zero-order valence-corrected chi connectivity index (χ0v) is 15.9. The van der Waals surface area contributed by atoms with Gasteiger partial charge in [0.1, 0.15) is 5.75 Å². The van der Waals surface area contributed by atoms with Gasteiger partial charge in [0, 0.05) is 5.69 Å². The predicted octanol–water partition coefficient (Wildman–Crippen LogP) is 4.32. The number of hydrogen-bond acceptors (Lipinski definition) is 3. The van der Waals surface area contributed by atoms with Crippen LogP contribution in [0.15, 0.2) is 42.5 Å². The summed E-state index contributed by atoms with van der Waals surface area (Å²) < 4.78 is 5.56. The molecule has 0 aliphatic rings. The molecule has 2 aromatic carbocycles. The molecule has 0 unspecified atom stereocenters. The minimum atomic E-state index is -0.295. The largest absolute Gasteiger partial charge is 0.484 e. The van der Waals surface area contributed by atoms with Gasteiger partial charge >= 0.3 is 0 Å². The van der Waals surface area contributed by atoms with Crippen LogP contribution in [0.2, 0.25) is 0 Å². The Bertz CT molecular complexity index is 772. The van der Waals surface area contributed by atoms with Crippen LogP contribution >= 0.6 is 12.2 Å². The second-order valence-electron chi connectivity index (χ2n) is 6.28. The van der Waals surface area contributed by atoms with Crippen molar-refractivity contribution in [2.45, 2.75) is 33.6 Å². The van der Waals surface area contributed by atoms with E-state index in [1.165, 1.54) is 5.56 Å². The molecule has 0 bridgehead atoms. The molecule has 0 aliphatic heterocycles. The minimum Gasteiger partial charge on any atom is -0.484 e. The Morgan fingerprint density at radius 3 is 2.48 bits per heavy atom. The monoisotopic (exact) mass is 356 g/mol. The summed E-state index contributed by atoms with van der Waals surface area (Å²) in [5, 5.41) is 5.90. The van der Waals surface area contributed by atoms with Gasteiger partial charge in [-0.3, -0.25) is 10.1 Å². The SMILES string of the molecule is Cc1ccccc1NC(=S)NC(=O)COc1ccc(C(C)C)c(C)c1. The molecule has 132 valence electrons. The van der Waals surface area contributed by atoms with Gasteiger partial charge in [0.05, 0.1) is 0 Å². The van der Waals surface area contributed by atoms with Crippen LogP contribution in [0.1, 0.15) is 36.5 Å². The number of nitrogens with one attached hydrogen (secondary N) is 2. The summed E-state index contributed by atoms with van der Waals surface area (Å²) in [5.41, 5.74) is 4.36. The van der Waals surface area contributed by atoms with E-state index in [9.17, 15) is 4.79 Å². The molecular weight excluding hydrogens is 332 g/mol.